The summed E-state index contributed by atoms with van der Waals surface area (Å²) in [5.74, 6) is 0. The van der Waals surface area contributed by atoms with Gasteiger partial charge in [0.05, 0.1) is 5.60 Å². The molecule has 2 unspecified atom stereocenters. The van der Waals surface area contributed by atoms with Crippen LogP contribution < -0.4 is 5.32 Å². The molecule has 2 atom stereocenters. The second kappa shape index (κ2) is 4.86. The highest BCUT2D eigenvalue weighted by atomic mass is 32.1. The third kappa shape index (κ3) is 2.47. The average molecular weight is 239 g/mol. The molecule has 2 rings (SSSR count). The first kappa shape index (κ1) is 12.1. The van der Waals surface area contributed by atoms with Crippen LogP contribution in [0.3, 0.4) is 0 Å². The third-order valence-electron chi connectivity index (χ3n) is 3.23. The smallest absolute Gasteiger partial charge is 0.105 e. The fraction of sp³-hybridized carbons (Fsp3) is 0.692. The molecule has 16 heavy (non-hydrogen) atoms. The van der Waals surface area contributed by atoms with Crippen LogP contribution in [0.15, 0.2) is 11.4 Å². The minimum Gasteiger partial charge on any atom is -0.364 e. The fourth-order valence-electron chi connectivity index (χ4n) is 2.43. The standard InChI is InChI=1S/C13H21NOS/c1-4-6-13(3)9-14-8-11(15-13)12-10(2)5-7-16-12/h5,7,11,14H,4,6,8-9H2,1-3H3. The summed E-state index contributed by atoms with van der Waals surface area (Å²) in [7, 11) is 0. The molecule has 1 aliphatic rings. The molecule has 0 bridgehead atoms. The molecule has 0 radical (unpaired) electrons. The summed E-state index contributed by atoms with van der Waals surface area (Å²) in [6.45, 7) is 8.52. The van der Waals surface area contributed by atoms with Crippen molar-refractivity contribution in [2.45, 2.75) is 45.3 Å². The minimum atomic E-state index is 0.00803. The van der Waals surface area contributed by atoms with Gasteiger partial charge in [0, 0.05) is 18.0 Å². The summed E-state index contributed by atoms with van der Waals surface area (Å²) in [6, 6.07) is 2.18. The van der Waals surface area contributed by atoms with Crippen molar-refractivity contribution in [1.82, 2.24) is 5.32 Å². The third-order valence-corrected chi connectivity index (χ3v) is 4.34. The van der Waals surface area contributed by atoms with Gasteiger partial charge in [0.25, 0.3) is 0 Å². The summed E-state index contributed by atoms with van der Waals surface area (Å²) in [5.41, 5.74) is 1.37. The average Bonchev–Trinajstić information content (AvgIpc) is 2.64. The van der Waals surface area contributed by atoms with E-state index in [1.165, 1.54) is 16.9 Å². The number of ether oxygens (including phenoxy) is 1. The Labute approximate surface area is 102 Å². The molecule has 0 saturated carbocycles. The summed E-state index contributed by atoms with van der Waals surface area (Å²) in [6.07, 6.45) is 2.54. The van der Waals surface area contributed by atoms with Crippen molar-refractivity contribution in [3.05, 3.63) is 21.9 Å². The Morgan fingerprint density at radius 3 is 3.06 bits per heavy atom. The lowest BCUT2D eigenvalue weighted by atomic mass is 9.97. The van der Waals surface area contributed by atoms with Gasteiger partial charge < -0.3 is 10.1 Å². The van der Waals surface area contributed by atoms with Crippen LogP contribution >= 0.6 is 11.3 Å². The first-order chi connectivity index (χ1) is 7.64. The van der Waals surface area contributed by atoms with Crippen molar-refractivity contribution in [3.8, 4) is 0 Å². The Kier molecular flexibility index (Phi) is 3.67. The normalized spacial score (nSPS) is 30.6. The van der Waals surface area contributed by atoms with Gasteiger partial charge in [0.1, 0.15) is 6.10 Å². The van der Waals surface area contributed by atoms with Crippen molar-refractivity contribution >= 4 is 11.3 Å². The molecule has 0 aromatic carbocycles. The molecule has 1 saturated heterocycles. The zero-order valence-electron chi connectivity index (χ0n) is 10.4. The van der Waals surface area contributed by atoms with Gasteiger partial charge in [-0.15, -0.1) is 11.3 Å². The van der Waals surface area contributed by atoms with Crippen LogP contribution in [0.2, 0.25) is 0 Å². The van der Waals surface area contributed by atoms with Crippen LogP contribution in [0.5, 0.6) is 0 Å². The van der Waals surface area contributed by atoms with Crippen LogP contribution in [-0.2, 0) is 4.74 Å². The molecule has 0 amide bonds. The molecule has 0 aliphatic carbocycles. The molecule has 1 aromatic rings. The molecule has 1 N–H and O–H groups in total. The lowest BCUT2D eigenvalue weighted by Crippen LogP contribution is -2.48. The number of aryl methyl sites for hydroxylation is 1. The van der Waals surface area contributed by atoms with Crippen LogP contribution in [0.25, 0.3) is 0 Å². The number of hydrogen-bond donors (Lipinski definition) is 1. The van der Waals surface area contributed by atoms with E-state index in [1.54, 1.807) is 0 Å². The summed E-state index contributed by atoms with van der Waals surface area (Å²) >= 11 is 1.81. The molecule has 1 fully saturated rings. The Balaban J connectivity index is 2.10. The van der Waals surface area contributed by atoms with Crippen LogP contribution in [0.4, 0.5) is 0 Å². The minimum absolute atomic E-state index is 0.00803. The van der Waals surface area contributed by atoms with Crippen LogP contribution in [-0.4, -0.2) is 18.7 Å². The number of thiophene rings is 1. The highest BCUT2D eigenvalue weighted by Crippen LogP contribution is 2.34. The predicted octanol–water partition coefficient (Wildman–Crippen LogP) is 3.28. The Bertz CT molecular complexity index is 345. The Morgan fingerprint density at radius 2 is 2.44 bits per heavy atom. The maximum absolute atomic E-state index is 6.29. The molecule has 2 nitrogen and oxygen atoms in total. The van der Waals surface area contributed by atoms with Gasteiger partial charge in [-0.3, -0.25) is 0 Å². The molecule has 2 heterocycles. The molecule has 3 heteroatoms. The summed E-state index contributed by atoms with van der Waals surface area (Å²) < 4.78 is 6.29. The molecule has 90 valence electrons. The van der Waals surface area contributed by atoms with Gasteiger partial charge in [-0.1, -0.05) is 13.3 Å². The zero-order chi connectivity index (χ0) is 11.6. The van der Waals surface area contributed by atoms with Crippen molar-refractivity contribution in [2.75, 3.05) is 13.1 Å². The van der Waals surface area contributed by atoms with Crippen molar-refractivity contribution in [3.63, 3.8) is 0 Å². The van der Waals surface area contributed by atoms with Gasteiger partial charge in [-0.2, -0.15) is 0 Å². The highest BCUT2D eigenvalue weighted by molar-refractivity contribution is 7.10. The molecular formula is C13H21NOS. The van der Waals surface area contributed by atoms with E-state index in [1.807, 2.05) is 11.3 Å². The predicted molar refractivity (Wildman–Crippen MR) is 69.1 cm³/mol. The van der Waals surface area contributed by atoms with E-state index in [2.05, 4.69) is 37.5 Å². The van der Waals surface area contributed by atoms with Crippen LogP contribution in [0, 0.1) is 6.92 Å². The number of morpholine rings is 1. The van der Waals surface area contributed by atoms with Gasteiger partial charge in [0.15, 0.2) is 0 Å². The first-order valence-electron chi connectivity index (χ1n) is 6.07. The molecular weight excluding hydrogens is 218 g/mol. The second-order valence-electron chi connectivity index (χ2n) is 4.91. The summed E-state index contributed by atoms with van der Waals surface area (Å²) in [5, 5.41) is 5.66. The van der Waals surface area contributed by atoms with Gasteiger partial charge in [-0.05, 0) is 37.3 Å². The van der Waals surface area contributed by atoms with Crippen molar-refractivity contribution in [1.29, 1.82) is 0 Å². The van der Waals surface area contributed by atoms with Crippen molar-refractivity contribution in [2.24, 2.45) is 0 Å². The molecule has 1 aliphatic heterocycles. The van der Waals surface area contributed by atoms with Gasteiger partial charge in [0.2, 0.25) is 0 Å². The van der Waals surface area contributed by atoms with Crippen LogP contribution in [0.1, 0.15) is 43.2 Å². The maximum Gasteiger partial charge on any atom is 0.105 e. The molecule has 1 aromatic heterocycles. The Hall–Kier alpha value is -0.380. The van der Waals surface area contributed by atoms with Gasteiger partial charge >= 0.3 is 0 Å². The topological polar surface area (TPSA) is 21.3 Å². The first-order valence-corrected chi connectivity index (χ1v) is 6.95. The van der Waals surface area contributed by atoms with E-state index in [9.17, 15) is 0 Å². The van der Waals surface area contributed by atoms with Gasteiger partial charge in [-0.25, -0.2) is 0 Å². The lowest BCUT2D eigenvalue weighted by Gasteiger charge is -2.39. The van der Waals surface area contributed by atoms with E-state index < -0.39 is 0 Å². The van der Waals surface area contributed by atoms with E-state index in [4.69, 9.17) is 4.74 Å². The van der Waals surface area contributed by atoms with Crippen molar-refractivity contribution < 1.29 is 4.74 Å². The largest absolute Gasteiger partial charge is 0.364 e. The number of hydrogen-bond acceptors (Lipinski definition) is 3. The van der Waals surface area contributed by atoms with E-state index in [-0.39, 0.29) is 11.7 Å². The summed E-state index contributed by atoms with van der Waals surface area (Å²) in [4.78, 5) is 1.38. The van der Waals surface area contributed by atoms with E-state index in [0.717, 1.165) is 19.5 Å². The monoisotopic (exact) mass is 239 g/mol. The molecule has 0 spiro atoms. The van der Waals surface area contributed by atoms with E-state index >= 15 is 0 Å². The lowest BCUT2D eigenvalue weighted by molar-refractivity contribution is -0.110. The Morgan fingerprint density at radius 1 is 1.62 bits per heavy atom. The SMILES string of the molecule is CCCC1(C)CNCC(c2sccc2C)O1. The number of nitrogens with one attached hydrogen (secondary N) is 1. The van der Waals surface area contributed by atoms with E-state index in [0.29, 0.717) is 0 Å². The fourth-order valence-corrected chi connectivity index (χ4v) is 3.39. The number of rotatable bonds is 3. The maximum atomic E-state index is 6.29. The second-order valence-corrected chi connectivity index (χ2v) is 5.85. The highest BCUT2D eigenvalue weighted by Gasteiger charge is 2.33. The zero-order valence-corrected chi connectivity index (χ0v) is 11.2. The quantitative estimate of drug-likeness (QED) is 0.874.